The van der Waals surface area contributed by atoms with Crippen LogP contribution in [0.4, 0.5) is 0 Å². The fraction of sp³-hybridized carbons (Fsp3) is 0.812. The Balaban J connectivity index is 1.61. The Hall–Kier alpha value is -0.870. The highest BCUT2D eigenvalue weighted by molar-refractivity contribution is 5.15. The molecule has 0 saturated heterocycles. The minimum Gasteiger partial charge on any atom is -0.273 e. The van der Waals surface area contributed by atoms with Crippen molar-refractivity contribution in [1.29, 1.82) is 0 Å². The molecule has 0 radical (unpaired) electrons. The molecule has 1 heterocycles. The van der Waals surface area contributed by atoms with E-state index >= 15 is 0 Å². The van der Waals surface area contributed by atoms with E-state index in [0.29, 0.717) is 6.04 Å². The Bertz CT molecular complexity index is 453. The third-order valence-electron chi connectivity index (χ3n) is 6.20. The van der Waals surface area contributed by atoms with E-state index in [0.717, 1.165) is 36.1 Å². The van der Waals surface area contributed by atoms with Gasteiger partial charge in [-0.1, -0.05) is 0 Å². The number of hydrogen-bond acceptors (Lipinski definition) is 3. The number of aromatic nitrogens is 2. The summed E-state index contributed by atoms with van der Waals surface area (Å²) in [6.45, 7) is 3.06. The summed E-state index contributed by atoms with van der Waals surface area (Å²) in [6, 6.07) is 0.297. The molecule has 20 heavy (non-hydrogen) atoms. The zero-order valence-electron chi connectivity index (χ0n) is 12.3. The van der Waals surface area contributed by atoms with Crippen LogP contribution in [0.1, 0.15) is 50.6 Å². The van der Waals surface area contributed by atoms with Crippen LogP contribution in [0.5, 0.6) is 0 Å². The Morgan fingerprint density at radius 2 is 1.90 bits per heavy atom. The van der Waals surface area contributed by atoms with E-state index in [1.807, 2.05) is 10.9 Å². The summed E-state index contributed by atoms with van der Waals surface area (Å²) in [5.74, 6) is 10.5. The van der Waals surface area contributed by atoms with Crippen LogP contribution in [-0.2, 0) is 6.54 Å². The highest BCUT2D eigenvalue weighted by Crippen LogP contribution is 2.59. The van der Waals surface area contributed by atoms with Gasteiger partial charge in [-0.05, 0) is 68.6 Å². The van der Waals surface area contributed by atoms with Crippen LogP contribution < -0.4 is 11.3 Å². The van der Waals surface area contributed by atoms with E-state index < -0.39 is 0 Å². The summed E-state index contributed by atoms with van der Waals surface area (Å²) in [6.07, 6.45) is 11.5. The van der Waals surface area contributed by atoms with Crippen molar-refractivity contribution in [1.82, 2.24) is 15.2 Å². The summed E-state index contributed by atoms with van der Waals surface area (Å²) in [4.78, 5) is 0. The normalized spacial score (nSPS) is 40.2. The Morgan fingerprint density at radius 3 is 2.40 bits per heavy atom. The van der Waals surface area contributed by atoms with Crippen molar-refractivity contribution in [3.05, 3.63) is 18.0 Å². The highest BCUT2D eigenvalue weighted by Gasteiger charge is 2.50. The van der Waals surface area contributed by atoms with Gasteiger partial charge in [0, 0.05) is 18.3 Å². The summed E-state index contributed by atoms with van der Waals surface area (Å²) < 4.78 is 2.01. The number of nitrogens with two attached hydrogens (primary N) is 1. The van der Waals surface area contributed by atoms with Gasteiger partial charge < -0.3 is 0 Å². The van der Waals surface area contributed by atoms with Crippen molar-refractivity contribution < 1.29 is 0 Å². The summed E-state index contributed by atoms with van der Waals surface area (Å²) >= 11 is 0. The molecular formula is C16H26N4. The van der Waals surface area contributed by atoms with Gasteiger partial charge in [0.15, 0.2) is 0 Å². The van der Waals surface area contributed by atoms with Crippen LogP contribution in [0.3, 0.4) is 0 Å². The van der Waals surface area contributed by atoms with Gasteiger partial charge in [0.1, 0.15) is 0 Å². The van der Waals surface area contributed by atoms with Gasteiger partial charge in [-0.3, -0.25) is 16.0 Å². The first kappa shape index (κ1) is 12.8. The molecule has 4 heteroatoms. The SMILES string of the molecule is CCn1cc(C(NN)C2C3CC4CC(C3)CC2C4)cn1. The van der Waals surface area contributed by atoms with Crippen molar-refractivity contribution in [2.24, 2.45) is 35.4 Å². The van der Waals surface area contributed by atoms with E-state index in [-0.39, 0.29) is 0 Å². The molecular weight excluding hydrogens is 248 g/mol. The van der Waals surface area contributed by atoms with Gasteiger partial charge in [-0.25, -0.2) is 0 Å². The lowest BCUT2D eigenvalue weighted by Gasteiger charge is -2.56. The van der Waals surface area contributed by atoms with Crippen LogP contribution in [0.25, 0.3) is 0 Å². The van der Waals surface area contributed by atoms with Crippen LogP contribution in [0, 0.1) is 29.6 Å². The fourth-order valence-electron chi connectivity index (χ4n) is 5.65. The number of nitrogens with zero attached hydrogens (tertiary/aromatic N) is 2. The number of aryl methyl sites for hydroxylation is 1. The monoisotopic (exact) mass is 274 g/mol. The second-order valence-corrected chi connectivity index (χ2v) is 7.28. The summed E-state index contributed by atoms with van der Waals surface area (Å²) in [7, 11) is 0. The van der Waals surface area contributed by atoms with Crippen molar-refractivity contribution in [2.75, 3.05) is 0 Å². The molecule has 5 rings (SSSR count). The fourth-order valence-corrected chi connectivity index (χ4v) is 5.65. The van der Waals surface area contributed by atoms with Gasteiger partial charge in [0.2, 0.25) is 0 Å². The first-order valence-electron chi connectivity index (χ1n) is 8.27. The van der Waals surface area contributed by atoms with Crippen molar-refractivity contribution in [3.8, 4) is 0 Å². The number of hydrazine groups is 1. The lowest BCUT2D eigenvalue weighted by atomic mass is 9.50. The van der Waals surface area contributed by atoms with E-state index in [9.17, 15) is 0 Å². The van der Waals surface area contributed by atoms with Crippen LogP contribution in [0.15, 0.2) is 12.4 Å². The maximum Gasteiger partial charge on any atom is 0.0538 e. The molecule has 1 unspecified atom stereocenters. The molecule has 1 aromatic heterocycles. The standard InChI is InChI=1S/C16H26N4/c1-2-20-9-14(8-18-20)16(19-17)15-12-4-10-3-11(6-12)7-13(15)5-10/h8-13,15-16,19H,2-7,17H2,1H3. The summed E-state index contributed by atoms with van der Waals surface area (Å²) in [5, 5.41) is 4.44. The minimum atomic E-state index is 0.297. The van der Waals surface area contributed by atoms with Gasteiger partial charge >= 0.3 is 0 Å². The summed E-state index contributed by atoms with van der Waals surface area (Å²) in [5.41, 5.74) is 4.41. The Morgan fingerprint density at radius 1 is 1.25 bits per heavy atom. The van der Waals surface area contributed by atoms with Gasteiger partial charge in [0.25, 0.3) is 0 Å². The van der Waals surface area contributed by atoms with Crippen LogP contribution in [-0.4, -0.2) is 9.78 Å². The Labute approximate surface area is 121 Å². The molecule has 0 spiro atoms. The smallest absolute Gasteiger partial charge is 0.0538 e. The molecule has 1 aromatic rings. The predicted octanol–water partition coefficient (Wildman–Crippen LogP) is 2.48. The first-order chi connectivity index (χ1) is 9.78. The second-order valence-electron chi connectivity index (χ2n) is 7.28. The van der Waals surface area contributed by atoms with E-state index in [2.05, 4.69) is 23.6 Å². The molecule has 4 aliphatic carbocycles. The topological polar surface area (TPSA) is 55.9 Å². The molecule has 0 amide bonds. The van der Waals surface area contributed by atoms with E-state index in [1.165, 1.54) is 37.7 Å². The average Bonchev–Trinajstić information content (AvgIpc) is 2.90. The number of nitrogens with one attached hydrogen (secondary N) is 1. The van der Waals surface area contributed by atoms with E-state index in [4.69, 9.17) is 5.84 Å². The number of rotatable bonds is 4. The van der Waals surface area contributed by atoms with E-state index in [1.54, 1.807) is 0 Å². The minimum absolute atomic E-state index is 0.297. The quantitative estimate of drug-likeness (QED) is 0.655. The molecule has 0 aromatic carbocycles. The van der Waals surface area contributed by atoms with Crippen molar-refractivity contribution in [2.45, 2.75) is 51.6 Å². The zero-order chi connectivity index (χ0) is 13.7. The van der Waals surface area contributed by atoms with Crippen LogP contribution in [0.2, 0.25) is 0 Å². The van der Waals surface area contributed by atoms with Crippen molar-refractivity contribution in [3.63, 3.8) is 0 Å². The Kier molecular flexibility index (Phi) is 3.11. The highest BCUT2D eigenvalue weighted by atomic mass is 15.3. The molecule has 4 saturated carbocycles. The maximum absolute atomic E-state index is 5.95. The predicted molar refractivity (Wildman–Crippen MR) is 78.5 cm³/mol. The van der Waals surface area contributed by atoms with Crippen molar-refractivity contribution >= 4 is 0 Å². The molecule has 4 bridgehead atoms. The largest absolute Gasteiger partial charge is 0.273 e. The molecule has 110 valence electrons. The molecule has 4 fully saturated rings. The van der Waals surface area contributed by atoms with Gasteiger partial charge in [0.05, 0.1) is 12.2 Å². The molecule has 0 aliphatic heterocycles. The first-order valence-corrected chi connectivity index (χ1v) is 8.27. The lowest BCUT2D eigenvalue weighted by molar-refractivity contribution is -0.0525. The van der Waals surface area contributed by atoms with Gasteiger partial charge in [-0.15, -0.1) is 0 Å². The number of hydrogen-bond donors (Lipinski definition) is 2. The average molecular weight is 274 g/mol. The zero-order valence-corrected chi connectivity index (χ0v) is 12.3. The lowest BCUT2D eigenvalue weighted by Crippen LogP contribution is -2.50. The maximum atomic E-state index is 5.95. The van der Waals surface area contributed by atoms with Crippen LogP contribution >= 0.6 is 0 Å². The van der Waals surface area contributed by atoms with Gasteiger partial charge in [-0.2, -0.15) is 5.10 Å². The molecule has 4 aliphatic rings. The molecule has 3 N–H and O–H groups in total. The molecule has 4 nitrogen and oxygen atoms in total. The third kappa shape index (κ3) is 1.92. The second kappa shape index (κ2) is 4.85. The molecule has 1 atom stereocenters. The third-order valence-corrected chi connectivity index (χ3v) is 6.20.